The van der Waals surface area contributed by atoms with Gasteiger partial charge in [-0.1, -0.05) is 40.6 Å². The van der Waals surface area contributed by atoms with Gasteiger partial charge in [-0.2, -0.15) is 9.38 Å². The van der Waals surface area contributed by atoms with Crippen LogP contribution in [0.1, 0.15) is 18.5 Å². The third-order valence-corrected chi connectivity index (χ3v) is 4.70. The Labute approximate surface area is 139 Å². The lowest BCUT2D eigenvalue weighted by atomic mass is 10.1. The number of rotatable bonds is 4. The lowest BCUT2D eigenvalue weighted by Crippen LogP contribution is -2.08. The molecule has 1 N–H and O–H groups in total. The Hall–Kier alpha value is -1.83. The Morgan fingerprint density at radius 1 is 1.41 bits per heavy atom. The maximum absolute atomic E-state index is 11.3. The first-order chi connectivity index (χ1) is 10.5. The van der Waals surface area contributed by atoms with Crippen molar-refractivity contribution in [2.75, 3.05) is 5.32 Å². The number of anilines is 1. The molecule has 3 rings (SSSR count). The van der Waals surface area contributed by atoms with E-state index in [1.807, 2.05) is 13.0 Å². The summed E-state index contributed by atoms with van der Waals surface area (Å²) in [7, 11) is 0. The summed E-state index contributed by atoms with van der Waals surface area (Å²) in [6.07, 6.45) is 1.63. The number of halogens is 2. The average Bonchev–Trinajstić information content (AvgIpc) is 3.01. The predicted octanol–water partition coefficient (Wildman–Crippen LogP) is 4.78. The van der Waals surface area contributed by atoms with E-state index in [0.717, 1.165) is 5.56 Å². The lowest BCUT2D eigenvalue weighted by Gasteiger charge is -2.14. The second-order valence-electron chi connectivity index (χ2n) is 4.64. The molecule has 1 atom stereocenters. The Balaban J connectivity index is 1.95. The van der Waals surface area contributed by atoms with Crippen LogP contribution in [-0.4, -0.2) is 14.3 Å². The zero-order valence-corrected chi connectivity index (χ0v) is 13.6. The molecule has 0 aliphatic carbocycles. The normalized spacial score (nSPS) is 12.5. The standard InChI is InChI=1S/C13H10Cl2N4O2S/c1-7(8-2-3-9(14)10(15)6-8)16-11-12(19(20)21)18-4-5-22-13(18)17-11/h2-7,16H,1H3. The second kappa shape index (κ2) is 5.75. The molecule has 3 aromatic rings. The van der Waals surface area contributed by atoms with Crippen molar-refractivity contribution < 1.29 is 4.92 Å². The third-order valence-electron chi connectivity index (χ3n) is 3.21. The molecule has 0 radical (unpaired) electrons. The van der Waals surface area contributed by atoms with Gasteiger partial charge >= 0.3 is 5.82 Å². The minimum Gasteiger partial charge on any atom is -0.358 e. The van der Waals surface area contributed by atoms with Crippen LogP contribution in [-0.2, 0) is 0 Å². The molecule has 0 spiro atoms. The van der Waals surface area contributed by atoms with Gasteiger partial charge in [-0.3, -0.25) is 0 Å². The molecule has 22 heavy (non-hydrogen) atoms. The highest BCUT2D eigenvalue weighted by molar-refractivity contribution is 7.15. The highest BCUT2D eigenvalue weighted by atomic mass is 35.5. The van der Waals surface area contributed by atoms with E-state index < -0.39 is 4.92 Å². The molecule has 2 heterocycles. The van der Waals surface area contributed by atoms with Gasteiger partial charge in [0.1, 0.15) is 6.20 Å². The number of fused-ring (bicyclic) bond motifs is 1. The van der Waals surface area contributed by atoms with E-state index in [1.165, 1.54) is 15.7 Å². The van der Waals surface area contributed by atoms with Crippen LogP contribution < -0.4 is 5.32 Å². The summed E-state index contributed by atoms with van der Waals surface area (Å²) in [4.78, 5) is 15.7. The van der Waals surface area contributed by atoms with Crippen LogP contribution in [0.4, 0.5) is 11.6 Å². The van der Waals surface area contributed by atoms with Crippen molar-refractivity contribution in [3.05, 3.63) is 55.5 Å². The summed E-state index contributed by atoms with van der Waals surface area (Å²) < 4.78 is 1.45. The fraction of sp³-hybridized carbons (Fsp3) is 0.154. The van der Waals surface area contributed by atoms with Crippen molar-refractivity contribution in [1.82, 2.24) is 9.38 Å². The first-order valence-electron chi connectivity index (χ1n) is 6.29. The van der Waals surface area contributed by atoms with E-state index in [0.29, 0.717) is 15.0 Å². The topological polar surface area (TPSA) is 72.5 Å². The fourth-order valence-electron chi connectivity index (χ4n) is 2.12. The number of aromatic nitrogens is 2. The first kappa shape index (κ1) is 15.1. The van der Waals surface area contributed by atoms with Crippen LogP contribution in [0.5, 0.6) is 0 Å². The van der Waals surface area contributed by atoms with Crippen molar-refractivity contribution >= 4 is 51.1 Å². The molecule has 0 aliphatic heterocycles. The van der Waals surface area contributed by atoms with Gasteiger partial charge in [0.2, 0.25) is 5.82 Å². The summed E-state index contributed by atoms with van der Waals surface area (Å²) in [5.74, 6) is 0.151. The van der Waals surface area contributed by atoms with E-state index in [9.17, 15) is 10.1 Å². The van der Waals surface area contributed by atoms with Gasteiger partial charge in [-0.05, 0) is 29.5 Å². The van der Waals surface area contributed by atoms with Gasteiger partial charge in [0.15, 0.2) is 0 Å². The van der Waals surface area contributed by atoms with Gasteiger partial charge in [-0.15, -0.1) is 0 Å². The number of benzene rings is 1. The third kappa shape index (κ3) is 2.63. The van der Waals surface area contributed by atoms with Crippen molar-refractivity contribution in [2.45, 2.75) is 13.0 Å². The Morgan fingerprint density at radius 3 is 2.86 bits per heavy atom. The molecular weight excluding hydrogens is 347 g/mol. The minimum atomic E-state index is -0.448. The van der Waals surface area contributed by atoms with E-state index >= 15 is 0 Å². The number of nitro groups is 1. The minimum absolute atomic E-state index is 0.0804. The molecule has 6 nitrogen and oxygen atoms in total. The highest BCUT2D eigenvalue weighted by Gasteiger charge is 2.25. The van der Waals surface area contributed by atoms with Gasteiger partial charge in [0, 0.05) is 5.38 Å². The average molecular weight is 357 g/mol. The molecule has 2 aromatic heterocycles. The van der Waals surface area contributed by atoms with Crippen LogP contribution in [0.2, 0.25) is 10.0 Å². The molecule has 114 valence electrons. The maximum Gasteiger partial charge on any atom is 0.372 e. The van der Waals surface area contributed by atoms with Crippen LogP contribution >= 0.6 is 34.5 Å². The largest absolute Gasteiger partial charge is 0.372 e. The zero-order chi connectivity index (χ0) is 15.9. The van der Waals surface area contributed by atoms with Gasteiger partial charge in [-0.25, -0.2) is 0 Å². The Bertz CT molecular complexity index is 861. The van der Waals surface area contributed by atoms with E-state index in [1.54, 1.807) is 23.7 Å². The molecule has 0 amide bonds. The number of nitrogens with one attached hydrogen (secondary N) is 1. The van der Waals surface area contributed by atoms with Gasteiger partial charge < -0.3 is 15.4 Å². The van der Waals surface area contributed by atoms with Gasteiger partial charge in [0.05, 0.1) is 16.1 Å². The van der Waals surface area contributed by atoms with Crippen molar-refractivity contribution in [1.29, 1.82) is 0 Å². The van der Waals surface area contributed by atoms with Crippen LogP contribution in [0.25, 0.3) is 4.96 Å². The summed E-state index contributed by atoms with van der Waals surface area (Å²) >= 11 is 13.2. The second-order valence-corrected chi connectivity index (χ2v) is 6.32. The van der Waals surface area contributed by atoms with E-state index in [2.05, 4.69) is 10.3 Å². The first-order valence-corrected chi connectivity index (χ1v) is 7.92. The summed E-state index contributed by atoms with van der Waals surface area (Å²) in [5, 5.41) is 17.0. The molecule has 0 saturated heterocycles. The maximum atomic E-state index is 11.3. The number of thiazole rings is 1. The van der Waals surface area contributed by atoms with Gasteiger partial charge in [0.25, 0.3) is 4.96 Å². The number of hydrogen-bond donors (Lipinski definition) is 1. The van der Waals surface area contributed by atoms with Crippen molar-refractivity contribution in [3.63, 3.8) is 0 Å². The quantitative estimate of drug-likeness (QED) is 0.539. The van der Waals surface area contributed by atoms with E-state index in [4.69, 9.17) is 23.2 Å². The van der Waals surface area contributed by atoms with E-state index in [-0.39, 0.29) is 17.7 Å². The number of hydrogen-bond acceptors (Lipinski definition) is 5. The van der Waals surface area contributed by atoms with Crippen molar-refractivity contribution in [3.8, 4) is 0 Å². The molecule has 0 aliphatic rings. The summed E-state index contributed by atoms with van der Waals surface area (Å²) in [6, 6.07) is 5.03. The molecule has 0 fully saturated rings. The SMILES string of the molecule is CC(Nc1nc2sccn2c1[N+](=O)[O-])c1ccc(Cl)c(Cl)c1. The number of nitrogens with zero attached hydrogens (tertiary/aromatic N) is 3. The molecular formula is C13H10Cl2N4O2S. The molecule has 1 aromatic carbocycles. The fourth-order valence-corrected chi connectivity index (χ4v) is 3.13. The Kier molecular flexibility index (Phi) is 3.94. The zero-order valence-electron chi connectivity index (χ0n) is 11.3. The predicted molar refractivity (Wildman–Crippen MR) is 88.2 cm³/mol. The molecule has 9 heteroatoms. The monoisotopic (exact) mass is 356 g/mol. The summed E-state index contributed by atoms with van der Waals surface area (Å²) in [5.41, 5.74) is 0.861. The van der Waals surface area contributed by atoms with Crippen LogP contribution in [0.15, 0.2) is 29.8 Å². The molecule has 0 bridgehead atoms. The smallest absolute Gasteiger partial charge is 0.358 e. The molecule has 1 unspecified atom stereocenters. The Morgan fingerprint density at radius 2 is 2.18 bits per heavy atom. The number of imidazole rings is 1. The van der Waals surface area contributed by atoms with Crippen molar-refractivity contribution in [2.24, 2.45) is 0 Å². The molecule has 0 saturated carbocycles. The summed E-state index contributed by atoms with van der Waals surface area (Å²) in [6.45, 7) is 1.87. The highest BCUT2D eigenvalue weighted by Crippen LogP contribution is 2.32. The van der Waals surface area contributed by atoms with Crippen LogP contribution in [0, 0.1) is 10.1 Å². The lowest BCUT2D eigenvalue weighted by molar-refractivity contribution is -0.389. The van der Waals surface area contributed by atoms with Crippen LogP contribution in [0.3, 0.4) is 0 Å².